The second-order valence-electron chi connectivity index (χ2n) is 3.99. The molecule has 0 spiro atoms. The summed E-state index contributed by atoms with van der Waals surface area (Å²) < 4.78 is 5.15. The Hall–Kier alpha value is -2.07. The summed E-state index contributed by atoms with van der Waals surface area (Å²) in [7, 11) is 1.53. The lowest BCUT2D eigenvalue weighted by atomic mass is 10.2. The van der Waals surface area contributed by atoms with E-state index in [2.05, 4.69) is 10.3 Å². The summed E-state index contributed by atoms with van der Waals surface area (Å²) in [5.74, 6) is 0.277. The third-order valence-electron chi connectivity index (χ3n) is 2.62. The van der Waals surface area contributed by atoms with Crippen LogP contribution in [0.25, 0.3) is 0 Å². The zero-order valence-electron chi connectivity index (χ0n) is 10.6. The molecule has 0 unspecified atom stereocenters. The van der Waals surface area contributed by atoms with E-state index in [1.54, 1.807) is 24.3 Å². The maximum atomic E-state index is 12.1. The van der Waals surface area contributed by atoms with E-state index in [9.17, 15) is 4.79 Å². The zero-order chi connectivity index (χ0) is 13.8. The Morgan fingerprint density at radius 1 is 1.37 bits per heavy atom. The van der Waals surface area contributed by atoms with Crippen LogP contribution >= 0.6 is 11.6 Å². The average Bonchev–Trinajstić information content (AvgIpc) is 2.43. The van der Waals surface area contributed by atoms with Gasteiger partial charge in [0.1, 0.15) is 10.9 Å². The molecular formula is C14H13ClN2O2. The number of hydrogen-bond acceptors (Lipinski definition) is 3. The lowest BCUT2D eigenvalue weighted by Gasteiger charge is -2.09. The molecule has 0 aliphatic heterocycles. The molecule has 2 rings (SSSR count). The SMILES string of the molecule is COc1ccccc1C(=O)Nc1cnc(Cl)c(C)c1. The summed E-state index contributed by atoms with van der Waals surface area (Å²) in [6.07, 6.45) is 1.52. The summed E-state index contributed by atoms with van der Waals surface area (Å²) in [5.41, 5.74) is 1.87. The molecule has 0 bridgehead atoms. The number of para-hydroxylation sites is 1. The highest BCUT2D eigenvalue weighted by molar-refractivity contribution is 6.30. The Kier molecular flexibility index (Phi) is 4.02. The molecule has 1 N–H and O–H groups in total. The number of rotatable bonds is 3. The first-order chi connectivity index (χ1) is 9.11. The number of ether oxygens (including phenoxy) is 1. The van der Waals surface area contributed by atoms with Gasteiger partial charge in [-0.1, -0.05) is 23.7 Å². The second kappa shape index (κ2) is 5.71. The standard InChI is InChI=1S/C14H13ClN2O2/c1-9-7-10(8-16-13(9)15)17-14(18)11-5-3-4-6-12(11)19-2/h3-8H,1-2H3,(H,17,18). The van der Waals surface area contributed by atoms with E-state index in [0.29, 0.717) is 22.2 Å². The minimum absolute atomic E-state index is 0.249. The molecule has 1 aromatic carbocycles. The van der Waals surface area contributed by atoms with Crippen LogP contribution < -0.4 is 10.1 Å². The van der Waals surface area contributed by atoms with E-state index in [1.165, 1.54) is 13.3 Å². The maximum absolute atomic E-state index is 12.1. The molecule has 1 heterocycles. The molecule has 5 heteroatoms. The molecule has 2 aromatic rings. The van der Waals surface area contributed by atoms with Crippen molar-refractivity contribution >= 4 is 23.2 Å². The number of amides is 1. The van der Waals surface area contributed by atoms with Gasteiger partial charge in [-0.2, -0.15) is 0 Å². The molecule has 4 nitrogen and oxygen atoms in total. The number of hydrogen-bond donors (Lipinski definition) is 1. The van der Waals surface area contributed by atoms with Crippen molar-refractivity contribution in [1.82, 2.24) is 4.98 Å². The summed E-state index contributed by atoms with van der Waals surface area (Å²) in [5, 5.41) is 3.19. The predicted octanol–water partition coefficient (Wildman–Crippen LogP) is 3.30. The van der Waals surface area contributed by atoms with Crippen LogP contribution in [0, 0.1) is 6.92 Å². The van der Waals surface area contributed by atoms with Crippen molar-refractivity contribution in [2.45, 2.75) is 6.92 Å². The fourth-order valence-corrected chi connectivity index (χ4v) is 1.76. The summed E-state index contributed by atoms with van der Waals surface area (Å²) >= 11 is 5.84. The van der Waals surface area contributed by atoms with Crippen molar-refractivity contribution in [3.63, 3.8) is 0 Å². The van der Waals surface area contributed by atoms with Crippen molar-refractivity contribution in [3.05, 3.63) is 52.8 Å². The first-order valence-corrected chi connectivity index (χ1v) is 6.06. The van der Waals surface area contributed by atoms with Gasteiger partial charge < -0.3 is 10.1 Å². The van der Waals surface area contributed by atoms with Gasteiger partial charge in [0.15, 0.2) is 0 Å². The van der Waals surface area contributed by atoms with Crippen LogP contribution in [-0.2, 0) is 0 Å². The molecule has 0 saturated carbocycles. The van der Waals surface area contributed by atoms with Crippen molar-refractivity contribution in [2.24, 2.45) is 0 Å². The number of benzene rings is 1. The van der Waals surface area contributed by atoms with E-state index in [4.69, 9.17) is 16.3 Å². The van der Waals surface area contributed by atoms with Crippen LogP contribution in [0.3, 0.4) is 0 Å². The maximum Gasteiger partial charge on any atom is 0.259 e. The van der Waals surface area contributed by atoms with Crippen molar-refractivity contribution in [3.8, 4) is 5.75 Å². The minimum Gasteiger partial charge on any atom is -0.496 e. The normalized spacial score (nSPS) is 10.1. The van der Waals surface area contributed by atoms with Gasteiger partial charge in [0.2, 0.25) is 0 Å². The van der Waals surface area contributed by atoms with Crippen LogP contribution in [0.4, 0.5) is 5.69 Å². The third-order valence-corrected chi connectivity index (χ3v) is 3.02. The van der Waals surface area contributed by atoms with Crippen LogP contribution in [0.1, 0.15) is 15.9 Å². The Morgan fingerprint density at radius 3 is 2.79 bits per heavy atom. The Morgan fingerprint density at radius 2 is 2.11 bits per heavy atom. The molecule has 0 aliphatic carbocycles. The van der Waals surface area contributed by atoms with Gasteiger partial charge in [-0.3, -0.25) is 4.79 Å². The second-order valence-corrected chi connectivity index (χ2v) is 4.34. The number of aromatic nitrogens is 1. The first kappa shape index (κ1) is 13.4. The number of methoxy groups -OCH3 is 1. The van der Waals surface area contributed by atoms with Gasteiger partial charge in [-0.25, -0.2) is 4.98 Å². The number of nitrogens with one attached hydrogen (secondary N) is 1. The predicted molar refractivity (Wildman–Crippen MR) is 74.9 cm³/mol. The number of anilines is 1. The van der Waals surface area contributed by atoms with Gasteiger partial charge in [-0.15, -0.1) is 0 Å². The molecular weight excluding hydrogens is 264 g/mol. The monoisotopic (exact) mass is 276 g/mol. The Labute approximate surface area is 116 Å². The number of nitrogens with zero attached hydrogens (tertiary/aromatic N) is 1. The molecule has 0 fully saturated rings. The number of carbonyl (C=O) groups excluding carboxylic acids is 1. The topological polar surface area (TPSA) is 51.2 Å². The molecule has 98 valence electrons. The van der Waals surface area contributed by atoms with E-state index < -0.39 is 0 Å². The zero-order valence-corrected chi connectivity index (χ0v) is 11.4. The molecule has 0 atom stereocenters. The number of pyridine rings is 1. The average molecular weight is 277 g/mol. The van der Waals surface area contributed by atoms with Crippen LogP contribution in [0.5, 0.6) is 5.75 Å². The highest BCUT2D eigenvalue weighted by Gasteiger charge is 2.12. The van der Waals surface area contributed by atoms with Crippen molar-refractivity contribution in [2.75, 3.05) is 12.4 Å². The van der Waals surface area contributed by atoms with Crippen molar-refractivity contribution in [1.29, 1.82) is 0 Å². The smallest absolute Gasteiger partial charge is 0.259 e. The van der Waals surface area contributed by atoms with E-state index in [0.717, 1.165) is 5.56 Å². The third kappa shape index (κ3) is 3.03. The number of carbonyl (C=O) groups is 1. The fraction of sp³-hybridized carbons (Fsp3) is 0.143. The van der Waals surface area contributed by atoms with E-state index >= 15 is 0 Å². The molecule has 19 heavy (non-hydrogen) atoms. The number of aryl methyl sites for hydroxylation is 1. The van der Waals surface area contributed by atoms with Gasteiger partial charge in [0, 0.05) is 0 Å². The van der Waals surface area contributed by atoms with Gasteiger partial charge in [0.05, 0.1) is 24.6 Å². The number of halogens is 1. The lowest BCUT2D eigenvalue weighted by molar-refractivity contribution is 0.102. The van der Waals surface area contributed by atoms with Gasteiger partial charge >= 0.3 is 0 Å². The van der Waals surface area contributed by atoms with E-state index in [1.807, 2.05) is 13.0 Å². The highest BCUT2D eigenvalue weighted by atomic mass is 35.5. The van der Waals surface area contributed by atoms with Crippen LogP contribution in [0.15, 0.2) is 36.5 Å². The molecule has 0 radical (unpaired) electrons. The van der Waals surface area contributed by atoms with Crippen LogP contribution in [0.2, 0.25) is 5.15 Å². The minimum atomic E-state index is -0.249. The van der Waals surface area contributed by atoms with Crippen molar-refractivity contribution < 1.29 is 9.53 Å². The summed E-state index contributed by atoms with van der Waals surface area (Å²) in [6.45, 7) is 1.83. The molecule has 1 aromatic heterocycles. The first-order valence-electron chi connectivity index (χ1n) is 5.68. The molecule has 1 amide bonds. The van der Waals surface area contributed by atoms with E-state index in [-0.39, 0.29) is 5.91 Å². The Balaban J connectivity index is 2.23. The van der Waals surface area contributed by atoms with Crippen LogP contribution in [-0.4, -0.2) is 18.0 Å². The van der Waals surface area contributed by atoms with Gasteiger partial charge in [-0.05, 0) is 30.7 Å². The fourth-order valence-electron chi connectivity index (χ4n) is 1.66. The molecule has 0 saturated heterocycles. The quantitative estimate of drug-likeness (QED) is 0.875. The Bertz CT molecular complexity index is 614. The lowest BCUT2D eigenvalue weighted by Crippen LogP contribution is -2.13. The highest BCUT2D eigenvalue weighted by Crippen LogP contribution is 2.20. The molecule has 0 aliphatic rings. The summed E-state index contributed by atoms with van der Waals surface area (Å²) in [4.78, 5) is 16.1. The van der Waals surface area contributed by atoms with Gasteiger partial charge in [0.25, 0.3) is 5.91 Å². The largest absolute Gasteiger partial charge is 0.496 e. The summed E-state index contributed by atoms with van der Waals surface area (Å²) in [6, 6.07) is 8.79.